The van der Waals surface area contributed by atoms with Gasteiger partial charge in [0.25, 0.3) is 0 Å². The predicted octanol–water partition coefficient (Wildman–Crippen LogP) is 3.87. The highest BCUT2D eigenvalue weighted by Gasteiger charge is 2.22. The maximum Gasteiger partial charge on any atom is 0.0758 e. The monoisotopic (exact) mass is 205 g/mol. The van der Waals surface area contributed by atoms with Crippen LogP contribution in [0.5, 0.6) is 0 Å². The molecule has 0 N–H and O–H groups in total. The fourth-order valence-corrected chi connectivity index (χ4v) is 2.79. The second kappa shape index (κ2) is 4.09. The van der Waals surface area contributed by atoms with Crippen LogP contribution in [0.3, 0.4) is 0 Å². The molecule has 0 amide bonds. The lowest BCUT2D eigenvalue weighted by atomic mass is 10.3. The van der Waals surface area contributed by atoms with E-state index in [0.29, 0.717) is 0 Å². The smallest absolute Gasteiger partial charge is 0.0758 e. The Hall–Kier alpha value is -0.890. The molecular weight excluding hydrogens is 190 g/mol. The number of rotatable bonds is 2. The molecule has 0 saturated carbocycles. The Kier molecular flexibility index (Phi) is 2.82. The quantitative estimate of drug-likeness (QED) is 0.721. The van der Waals surface area contributed by atoms with Crippen molar-refractivity contribution in [2.24, 2.45) is 0 Å². The first-order valence-corrected chi connectivity index (χ1v) is 5.89. The number of hydrogen-bond donors (Lipinski definition) is 0. The summed E-state index contributed by atoms with van der Waals surface area (Å²) >= 11 is 1.87. The maximum absolute atomic E-state index is 2.40. The molecule has 0 aromatic heterocycles. The molecule has 0 fully saturated rings. The summed E-state index contributed by atoms with van der Waals surface area (Å²) in [7, 11) is 0. The van der Waals surface area contributed by atoms with E-state index in [0.717, 1.165) is 6.54 Å². The average Bonchev–Trinajstić information content (AvgIpc) is 2.58. The van der Waals surface area contributed by atoms with Crippen LogP contribution in [-0.2, 0) is 0 Å². The Labute approximate surface area is 89.8 Å². The fraction of sp³-hybridized carbons (Fsp3) is 0.333. The number of para-hydroxylation sites is 1. The molecule has 2 heteroatoms. The molecular formula is C12H15NS. The minimum absolute atomic E-state index is 1.11. The number of benzene rings is 1. The van der Waals surface area contributed by atoms with Crippen molar-refractivity contribution < 1.29 is 0 Å². The van der Waals surface area contributed by atoms with Crippen LogP contribution in [0.15, 0.2) is 40.3 Å². The van der Waals surface area contributed by atoms with Crippen molar-refractivity contribution >= 4 is 17.4 Å². The molecule has 0 aliphatic carbocycles. The molecule has 1 aliphatic heterocycles. The van der Waals surface area contributed by atoms with Crippen molar-refractivity contribution in [3.63, 3.8) is 0 Å². The predicted molar refractivity (Wildman–Crippen MR) is 63.7 cm³/mol. The van der Waals surface area contributed by atoms with Crippen LogP contribution in [0.25, 0.3) is 0 Å². The summed E-state index contributed by atoms with van der Waals surface area (Å²) in [6.07, 6.45) is 3.38. The lowest BCUT2D eigenvalue weighted by molar-refractivity contribution is 0.872. The van der Waals surface area contributed by atoms with Gasteiger partial charge in [-0.2, -0.15) is 0 Å². The first-order valence-electron chi connectivity index (χ1n) is 5.07. The fourth-order valence-electron chi connectivity index (χ4n) is 1.72. The molecule has 1 aromatic rings. The summed E-state index contributed by atoms with van der Waals surface area (Å²) in [5, 5.41) is 1.37. The van der Waals surface area contributed by atoms with E-state index in [4.69, 9.17) is 0 Å². The second-order valence-electron chi connectivity index (χ2n) is 3.35. The van der Waals surface area contributed by atoms with E-state index in [1.54, 1.807) is 0 Å². The average molecular weight is 205 g/mol. The normalized spacial score (nSPS) is 17.6. The zero-order valence-electron chi connectivity index (χ0n) is 8.66. The number of fused-ring (bicyclic) bond motifs is 1. The van der Waals surface area contributed by atoms with Crippen LogP contribution in [0.1, 0.15) is 20.3 Å². The molecule has 0 saturated heterocycles. The summed E-state index contributed by atoms with van der Waals surface area (Å²) in [5.74, 6) is 0. The molecule has 14 heavy (non-hydrogen) atoms. The van der Waals surface area contributed by atoms with Crippen molar-refractivity contribution in [2.45, 2.75) is 25.2 Å². The lowest BCUT2D eigenvalue weighted by Gasteiger charge is -2.18. The largest absolute Gasteiger partial charge is 0.335 e. The summed E-state index contributed by atoms with van der Waals surface area (Å²) in [6, 6.07) is 8.61. The Morgan fingerprint density at radius 2 is 2.14 bits per heavy atom. The Balaban J connectivity index is 2.37. The van der Waals surface area contributed by atoms with Crippen molar-refractivity contribution in [3.8, 4) is 0 Å². The maximum atomic E-state index is 2.40. The first kappa shape index (κ1) is 9.66. The molecule has 1 heterocycles. The molecule has 74 valence electrons. The zero-order chi connectivity index (χ0) is 9.97. The lowest BCUT2D eigenvalue weighted by Crippen LogP contribution is -2.17. The van der Waals surface area contributed by atoms with Crippen molar-refractivity contribution in [1.29, 1.82) is 0 Å². The van der Waals surface area contributed by atoms with Crippen LogP contribution in [-0.4, -0.2) is 6.54 Å². The molecule has 1 aromatic carbocycles. The van der Waals surface area contributed by atoms with Crippen LogP contribution < -0.4 is 4.90 Å². The van der Waals surface area contributed by atoms with Crippen LogP contribution in [0.2, 0.25) is 0 Å². The highest BCUT2D eigenvalue weighted by Crippen LogP contribution is 2.45. The van der Waals surface area contributed by atoms with Gasteiger partial charge in [0.15, 0.2) is 0 Å². The van der Waals surface area contributed by atoms with E-state index < -0.39 is 0 Å². The van der Waals surface area contributed by atoms with Gasteiger partial charge in [0, 0.05) is 11.4 Å². The van der Waals surface area contributed by atoms with Gasteiger partial charge in [0.2, 0.25) is 0 Å². The number of hydrogen-bond acceptors (Lipinski definition) is 2. The van der Waals surface area contributed by atoms with E-state index in [9.17, 15) is 0 Å². The Morgan fingerprint density at radius 1 is 1.36 bits per heavy atom. The van der Waals surface area contributed by atoms with Crippen molar-refractivity contribution in [2.75, 3.05) is 11.4 Å². The number of thioether (sulfide) groups is 1. The van der Waals surface area contributed by atoms with E-state index in [2.05, 4.69) is 49.1 Å². The Bertz CT molecular complexity index is 357. The topological polar surface area (TPSA) is 3.24 Å². The van der Waals surface area contributed by atoms with E-state index in [-0.39, 0.29) is 0 Å². The molecule has 0 atom stereocenters. The summed E-state index contributed by atoms with van der Waals surface area (Å²) in [6.45, 7) is 5.44. The first-order chi connectivity index (χ1) is 6.86. The van der Waals surface area contributed by atoms with Crippen molar-refractivity contribution in [3.05, 3.63) is 35.4 Å². The highest BCUT2D eigenvalue weighted by atomic mass is 32.2. The van der Waals surface area contributed by atoms with Gasteiger partial charge in [-0.1, -0.05) is 36.9 Å². The summed E-state index contributed by atoms with van der Waals surface area (Å²) in [5.41, 5.74) is 1.37. The molecule has 2 rings (SSSR count). The standard InChI is InChI=1S/C12H15NS/c1-3-9-13-10-7-5-6-8-11(10)14-12(13)4-2/h4-8H,3,9H2,1-2H3/b12-4-. The second-order valence-corrected chi connectivity index (χ2v) is 4.41. The molecule has 0 unspecified atom stereocenters. The third kappa shape index (κ3) is 1.55. The molecule has 0 bridgehead atoms. The Morgan fingerprint density at radius 3 is 2.86 bits per heavy atom. The molecule has 0 spiro atoms. The van der Waals surface area contributed by atoms with Gasteiger partial charge in [-0.3, -0.25) is 0 Å². The minimum atomic E-state index is 1.11. The van der Waals surface area contributed by atoms with E-state index in [1.165, 1.54) is 22.0 Å². The van der Waals surface area contributed by atoms with E-state index >= 15 is 0 Å². The zero-order valence-corrected chi connectivity index (χ0v) is 9.47. The van der Waals surface area contributed by atoms with Gasteiger partial charge >= 0.3 is 0 Å². The van der Waals surface area contributed by atoms with E-state index in [1.807, 2.05) is 11.8 Å². The highest BCUT2D eigenvalue weighted by molar-refractivity contribution is 8.03. The van der Waals surface area contributed by atoms with Gasteiger partial charge in [0.1, 0.15) is 0 Å². The molecule has 1 nitrogen and oxygen atoms in total. The van der Waals surface area contributed by atoms with Crippen LogP contribution in [0.4, 0.5) is 5.69 Å². The minimum Gasteiger partial charge on any atom is -0.335 e. The van der Waals surface area contributed by atoms with Gasteiger partial charge in [-0.05, 0) is 25.5 Å². The van der Waals surface area contributed by atoms with Crippen molar-refractivity contribution in [1.82, 2.24) is 0 Å². The van der Waals surface area contributed by atoms with Gasteiger partial charge in [0.05, 0.1) is 10.7 Å². The van der Waals surface area contributed by atoms with Crippen LogP contribution >= 0.6 is 11.8 Å². The third-order valence-electron chi connectivity index (χ3n) is 2.33. The number of anilines is 1. The third-order valence-corrected chi connectivity index (χ3v) is 3.56. The van der Waals surface area contributed by atoms with Gasteiger partial charge in [-0.25, -0.2) is 0 Å². The van der Waals surface area contributed by atoms with Gasteiger partial charge < -0.3 is 4.90 Å². The SMILES string of the molecule is C/C=C1\Sc2ccccc2N1CCC. The summed E-state index contributed by atoms with van der Waals surface area (Å²) in [4.78, 5) is 3.79. The number of nitrogens with zero attached hydrogens (tertiary/aromatic N) is 1. The number of allylic oxidation sites excluding steroid dienone is 1. The molecule has 0 radical (unpaired) electrons. The van der Waals surface area contributed by atoms with Crippen LogP contribution in [0, 0.1) is 0 Å². The van der Waals surface area contributed by atoms with Gasteiger partial charge in [-0.15, -0.1) is 0 Å². The summed E-state index contributed by atoms with van der Waals surface area (Å²) < 4.78 is 0. The molecule has 1 aliphatic rings.